The number of carbonyl (C=O) groups is 1. The van der Waals surface area contributed by atoms with Crippen molar-refractivity contribution in [3.8, 4) is 0 Å². The Bertz CT molecular complexity index is 309. The van der Waals surface area contributed by atoms with Crippen molar-refractivity contribution in [1.82, 2.24) is 10.3 Å². The minimum atomic E-state index is -0.116. The minimum Gasteiger partial charge on any atom is -0.350 e. The van der Waals surface area contributed by atoms with Crippen LogP contribution in [0.2, 0.25) is 0 Å². The third-order valence-electron chi connectivity index (χ3n) is 1.63. The highest BCUT2D eigenvalue weighted by molar-refractivity contribution is 7.09. The maximum Gasteiger partial charge on any atom is 0.270 e. The zero-order valence-electron chi connectivity index (χ0n) is 8.41. The molecule has 1 aromatic heterocycles. The maximum absolute atomic E-state index is 11.5. The number of nitrogens with two attached hydrogens (primary N) is 1. The first-order valence-corrected chi connectivity index (χ1v) is 5.44. The maximum atomic E-state index is 11.5. The van der Waals surface area contributed by atoms with Crippen LogP contribution >= 0.6 is 11.3 Å². The SMILES string of the molecule is CC(C)CNC(=O)c1csc(CN)n1. The molecule has 14 heavy (non-hydrogen) atoms. The van der Waals surface area contributed by atoms with Gasteiger partial charge in [0.05, 0.1) is 0 Å². The standard InChI is InChI=1S/C9H15N3OS/c1-6(2)4-11-9(13)7-5-14-8(3-10)12-7/h5-6H,3-4,10H2,1-2H3,(H,11,13). The van der Waals surface area contributed by atoms with E-state index in [1.807, 2.05) is 13.8 Å². The predicted octanol–water partition coefficient (Wildman–Crippen LogP) is 0.988. The molecule has 0 atom stereocenters. The number of nitrogens with zero attached hydrogens (tertiary/aromatic N) is 1. The van der Waals surface area contributed by atoms with Crippen LogP contribution in [0.25, 0.3) is 0 Å². The lowest BCUT2D eigenvalue weighted by atomic mass is 10.2. The van der Waals surface area contributed by atoms with Crippen molar-refractivity contribution in [3.05, 3.63) is 16.1 Å². The molecule has 4 nitrogen and oxygen atoms in total. The summed E-state index contributed by atoms with van der Waals surface area (Å²) in [6, 6.07) is 0. The number of amides is 1. The van der Waals surface area contributed by atoms with Gasteiger partial charge in [0.15, 0.2) is 0 Å². The number of hydrogen-bond donors (Lipinski definition) is 2. The van der Waals surface area contributed by atoms with Gasteiger partial charge in [0.1, 0.15) is 10.7 Å². The van der Waals surface area contributed by atoms with E-state index in [4.69, 9.17) is 5.73 Å². The molecule has 0 saturated carbocycles. The van der Waals surface area contributed by atoms with E-state index in [1.165, 1.54) is 11.3 Å². The fourth-order valence-corrected chi connectivity index (χ4v) is 1.55. The molecule has 5 heteroatoms. The van der Waals surface area contributed by atoms with E-state index < -0.39 is 0 Å². The van der Waals surface area contributed by atoms with Gasteiger partial charge in [-0.25, -0.2) is 4.98 Å². The molecule has 78 valence electrons. The van der Waals surface area contributed by atoms with Crippen LogP contribution in [0.15, 0.2) is 5.38 Å². The van der Waals surface area contributed by atoms with Crippen molar-refractivity contribution in [2.45, 2.75) is 20.4 Å². The zero-order valence-corrected chi connectivity index (χ0v) is 9.23. The first-order chi connectivity index (χ1) is 6.63. The van der Waals surface area contributed by atoms with Gasteiger partial charge in [-0.1, -0.05) is 13.8 Å². The smallest absolute Gasteiger partial charge is 0.270 e. The summed E-state index contributed by atoms with van der Waals surface area (Å²) in [5.74, 6) is 0.334. The summed E-state index contributed by atoms with van der Waals surface area (Å²) in [7, 11) is 0. The van der Waals surface area contributed by atoms with Crippen molar-refractivity contribution >= 4 is 17.2 Å². The van der Waals surface area contributed by atoms with Gasteiger partial charge < -0.3 is 11.1 Å². The number of hydrogen-bond acceptors (Lipinski definition) is 4. The molecule has 0 fully saturated rings. The molecule has 1 amide bonds. The van der Waals surface area contributed by atoms with Crippen LogP contribution in [0.5, 0.6) is 0 Å². The highest BCUT2D eigenvalue weighted by Gasteiger charge is 2.09. The minimum absolute atomic E-state index is 0.116. The van der Waals surface area contributed by atoms with Gasteiger partial charge in [0.25, 0.3) is 5.91 Å². The van der Waals surface area contributed by atoms with E-state index in [9.17, 15) is 4.79 Å². The largest absolute Gasteiger partial charge is 0.350 e. The second-order valence-corrected chi connectivity index (χ2v) is 4.38. The molecule has 0 unspecified atom stereocenters. The number of thiazole rings is 1. The van der Waals surface area contributed by atoms with Crippen molar-refractivity contribution in [2.24, 2.45) is 11.7 Å². The summed E-state index contributed by atoms with van der Waals surface area (Å²) in [6.07, 6.45) is 0. The van der Waals surface area contributed by atoms with Crippen LogP contribution in [-0.2, 0) is 6.54 Å². The Morgan fingerprint density at radius 1 is 1.71 bits per heavy atom. The first-order valence-electron chi connectivity index (χ1n) is 4.56. The quantitative estimate of drug-likeness (QED) is 0.783. The van der Waals surface area contributed by atoms with Crippen LogP contribution in [0.1, 0.15) is 29.3 Å². The van der Waals surface area contributed by atoms with Crippen LogP contribution in [0, 0.1) is 5.92 Å². The van der Waals surface area contributed by atoms with Gasteiger partial charge in [0.2, 0.25) is 0 Å². The Kier molecular flexibility index (Phi) is 4.03. The van der Waals surface area contributed by atoms with E-state index in [0.717, 1.165) is 5.01 Å². The highest BCUT2D eigenvalue weighted by atomic mass is 32.1. The Hall–Kier alpha value is -0.940. The van der Waals surface area contributed by atoms with E-state index in [2.05, 4.69) is 10.3 Å². The molecule has 0 radical (unpaired) electrons. The highest BCUT2D eigenvalue weighted by Crippen LogP contribution is 2.08. The van der Waals surface area contributed by atoms with Crippen LogP contribution in [0.4, 0.5) is 0 Å². The van der Waals surface area contributed by atoms with Gasteiger partial charge >= 0.3 is 0 Å². The Morgan fingerprint density at radius 2 is 2.43 bits per heavy atom. The third-order valence-corrected chi connectivity index (χ3v) is 2.50. The molecule has 0 spiro atoms. The molecule has 0 aliphatic heterocycles. The molecule has 1 heterocycles. The molecule has 1 aromatic rings. The average molecular weight is 213 g/mol. The number of carbonyl (C=O) groups excluding carboxylic acids is 1. The summed E-state index contributed by atoms with van der Waals surface area (Å²) in [5.41, 5.74) is 5.87. The monoisotopic (exact) mass is 213 g/mol. The van der Waals surface area contributed by atoms with Gasteiger partial charge in [-0.3, -0.25) is 4.79 Å². The predicted molar refractivity (Wildman–Crippen MR) is 57.2 cm³/mol. The van der Waals surface area contributed by atoms with Crippen molar-refractivity contribution < 1.29 is 4.79 Å². The van der Waals surface area contributed by atoms with Gasteiger partial charge in [-0.2, -0.15) is 0 Å². The molecule has 0 aliphatic rings. The van der Waals surface area contributed by atoms with Gasteiger partial charge in [0, 0.05) is 18.5 Å². The summed E-state index contributed by atoms with van der Waals surface area (Å²) >= 11 is 1.42. The summed E-state index contributed by atoms with van der Waals surface area (Å²) < 4.78 is 0. The van der Waals surface area contributed by atoms with E-state index in [0.29, 0.717) is 24.7 Å². The zero-order chi connectivity index (χ0) is 10.6. The van der Waals surface area contributed by atoms with E-state index in [-0.39, 0.29) is 5.91 Å². The first kappa shape index (κ1) is 11.1. The fourth-order valence-electron chi connectivity index (χ4n) is 0.896. The van der Waals surface area contributed by atoms with Crippen molar-refractivity contribution in [3.63, 3.8) is 0 Å². The molecular weight excluding hydrogens is 198 g/mol. The Morgan fingerprint density at radius 3 is 2.93 bits per heavy atom. The van der Waals surface area contributed by atoms with Crippen LogP contribution in [-0.4, -0.2) is 17.4 Å². The average Bonchev–Trinajstić information content (AvgIpc) is 2.62. The van der Waals surface area contributed by atoms with E-state index >= 15 is 0 Å². The topological polar surface area (TPSA) is 68.0 Å². The molecule has 0 aliphatic carbocycles. The van der Waals surface area contributed by atoms with Gasteiger partial charge in [-0.15, -0.1) is 11.3 Å². The Balaban J connectivity index is 2.52. The second kappa shape index (κ2) is 5.07. The molecule has 3 N–H and O–H groups in total. The van der Waals surface area contributed by atoms with Crippen LogP contribution in [0.3, 0.4) is 0 Å². The van der Waals surface area contributed by atoms with Crippen molar-refractivity contribution in [2.75, 3.05) is 6.54 Å². The van der Waals surface area contributed by atoms with Crippen LogP contribution < -0.4 is 11.1 Å². The lowest BCUT2D eigenvalue weighted by Crippen LogP contribution is -2.27. The summed E-state index contributed by atoms with van der Waals surface area (Å²) in [6.45, 7) is 5.16. The number of rotatable bonds is 4. The molecular formula is C9H15N3OS. The fraction of sp³-hybridized carbons (Fsp3) is 0.556. The third kappa shape index (κ3) is 3.08. The normalized spacial score (nSPS) is 10.6. The number of nitrogens with one attached hydrogen (secondary N) is 1. The van der Waals surface area contributed by atoms with E-state index in [1.54, 1.807) is 5.38 Å². The number of aromatic nitrogens is 1. The summed E-state index contributed by atoms with van der Waals surface area (Å²) in [5, 5.41) is 5.33. The molecule has 0 saturated heterocycles. The lowest BCUT2D eigenvalue weighted by molar-refractivity contribution is 0.0944. The second-order valence-electron chi connectivity index (χ2n) is 3.43. The van der Waals surface area contributed by atoms with Crippen molar-refractivity contribution in [1.29, 1.82) is 0 Å². The molecule has 0 aromatic carbocycles. The lowest BCUT2D eigenvalue weighted by Gasteiger charge is -2.05. The molecule has 0 bridgehead atoms. The Labute approximate surface area is 87.5 Å². The van der Waals surface area contributed by atoms with Gasteiger partial charge in [-0.05, 0) is 5.92 Å². The molecule has 1 rings (SSSR count). The summed E-state index contributed by atoms with van der Waals surface area (Å²) in [4.78, 5) is 15.6.